The molecule has 1 saturated carbocycles. The van der Waals surface area contributed by atoms with E-state index in [0.717, 1.165) is 12.8 Å². The zero-order chi connectivity index (χ0) is 13.7. The lowest BCUT2D eigenvalue weighted by Crippen LogP contribution is -2.39. The van der Waals surface area contributed by atoms with Gasteiger partial charge in [-0.2, -0.15) is 0 Å². The highest BCUT2D eigenvalue weighted by molar-refractivity contribution is 5.77. The lowest BCUT2D eigenvalue weighted by molar-refractivity contribution is -0.124. The molecule has 2 N–H and O–H groups in total. The Hall–Kier alpha value is -1.71. The predicted molar refractivity (Wildman–Crippen MR) is 73.4 cm³/mol. The number of phenols is 1. The van der Waals surface area contributed by atoms with Gasteiger partial charge in [-0.15, -0.1) is 0 Å². The number of carbonyl (C=O) groups excluding carboxylic acids is 1. The minimum atomic E-state index is -0.0883. The summed E-state index contributed by atoms with van der Waals surface area (Å²) >= 11 is 0. The van der Waals surface area contributed by atoms with Crippen LogP contribution in [-0.2, 0) is 4.79 Å². The van der Waals surface area contributed by atoms with Crippen LogP contribution >= 0.6 is 0 Å². The van der Waals surface area contributed by atoms with Crippen molar-refractivity contribution < 1.29 is 14.6 Å². The molecule has 0 heterocycles. The maximum absolute atomic E-state index is 11.8. The van der Waals surface area contributed by atoms with Crippen LogP contribution in [0.4, 0.5) is 0 Å². The number of nitrogens with one attached hydrogen (secondary N) is 1. The zero-order valence-corrected chi connectivity index (χ0v) is 11.3. The Kier molecular flexibility index (Phi) is 4.66. The SMILES string of the molecule is Cc1c(O)cccc1OCC(=O)NC1CCCCC1. The number of hydrogen-bond acceptors (Lipinski definition) is 3. The van der Waals surface area contributed by atoms with E-state index in [9.17, 15) is 9.90 Å². The fourth-order valence-corrected chi connectivity index (χ4v) is 2.42. The van der Waals surface area contributed by atoms with Crippen LogP contribution in [0.25, 0.3) is 0 Å². The molecule has 1 amide bonds. The zero-order valence-electron chi connectivity index (χ0n) is 11.3. The summed E-state index contributed by atoms with van der Waals surface area (Å²) in [5.41, 5.74) is 0.660. The predicted octanol–water partition coefficient (Wildman–Crippen LogP) is 2.53. The van der Waals surface area contributed by atoms with Crippen LogP contribution in [0.5, 0.6) is 11.5 Å². The molecule has 4 heteroatoms. The van der Waals surface area contributed by atoms with E-state index in [-0.39, 0.29) is 18.3 Å². The van der Waals surface area contributed by atoms with Gasteiger partial charge in [0.1, 0.15) is 11.5 Å². The summed E-state index contributed by atoms with van der Waals surface area (Å²) in [5, 5.41) is 12.5. The number of hydrogen-bond donors (Lipinski definition) is 2. The maximum atomic E-state index is 11.8. The number of rotatable bonds is 4. The summed E-state index contributed by atoms with van der Waals surface area (Å²) in [7, 11) is 0. The molecule has 0 aliphatic heterocycles. The van der Waals surface area contributed by atoms with Crippen LogP contribution in [0.2, 0.25) is 0 Å². The second-order valence-corrected chi connectivity index (χ2v) is 5.09. The summed E-state index contributed by atoms with van der Waals surface area (Å²) in [4.78, 5) is 11.8. The van der Waals surface area contributed by atoms with Crippen molar-refractivity contribution in [3.8, 4) is 11.5 Å². The first-order chi connectivity index (χ1) is 9.16. The third-order valence-corrected chi connectivity index (χ3v) is 3.58. The summed E-state index contributed by atoms with van der Waals surface area (Å²) in [6.45, 7) is 1.77. The Labute approximate surface area is 113 Å². The number of carbonyl (C=O) groups is 1. The average Bonchev–Trinajstić information content (AvgIpc) is 2.42. The summed E-state index contributed by atoms with van der Waals surface area (Å²) in [5.74, 6) is 0.652. The molecule has 0 spiro atoms. The maximum Gasteiger partial charge on any atom is 0.258 e. The molecule has 2 rings (SSSR count). The number of amides is 1. The van der Waals surface area contributed by atoms with Gasteiger partial charge in [0.2, 0.25) is 0 Å². The van der Waals surface area contributed by atoms with Crippen LogP contribution in [0.15, 0.2) is 18.2 Å². The number of benzene rings is 1. The average molecular weight is 263 g/mol. The van der Waals surface area contributed by atoms with E-state index in [2.05, 4.69) is 5.32 Å². The highest BCUT2D eigenvalue weighted by Crippen LogP contribution is 2.25. The second kappa shape index (κ2) is 6.45. The van der Waals surface area contributed by atoms with Crippen molar-refractivity contribution in [2.24, 2.45) is 0 Å². The van der Waals surface area contributed by atoms with E-state index in [0.29, 0.717) is 17.4 Å². The van der Waals surface area contributed by atoms with Crippen molar-refractivity contribution in [3.63, 3.8) is 0 Å². The number of ether oxygens (including phenoxy) is 1. The molecule has 1 aliphatic carbocycles. The Morgan fingerprint density at radius 3 is 2.84 bits per heavy atom. The van der Waals surface area contributed by atoms with Crippen molar-refractivity contribution in [1.82, 2.24) is 5.32 Å². The van der Waals surface area contributed by atoms with Crippen LogP contribution in [0.3, 0.4) is 0 Å². The molecule has 19 heavy (non-hydrogen) atoms. The molecule has 4 nitrogen and oxygen atoms in total. The topological polar surface area (TPSA) is 58.6 Å². The van der Waals surface area contributed by atoms with Crippen molar-refractivity contribution in [1.29, 1.82) is 0 Å². The Bertz CT molecular complexity index is 439. The number of aromatic hydroxyl groups is 1. The van der Waals surface area contributed by atoms with Gasteiger partial charge < -0.3 is 15.2 Å². The monoisotopic (exact) mass is 263 g/mol. The minimum absolute atomic E-state index is 0.000787. The van der Waals surface area contributed by atoms with E-state index in [1.807, 2.05) is 0 Å². The largest absolute Gasteiger partial charge is 0.508 e. The van der Waals surface area contributed by atoms with E-state index in [1.165, 1.54) is 19.3 Å². The summed E-state index contributed by atoms with van der Waals surface area (Å²) in [6, 6.07) is 5.36. The number of phenolic OH excluding ortho intramolecular Hbond substituents is 1. The normalized spacial score (nSPS) is 16.1. The van der Waals surface area contributed by atoms with Crippen molar-refractivity contribution in [3.05, 3.63) is 23.8 Å². The molecule has 1 fully saturated rings. The van der Waals surface area contributed by atoms with Crippen LogP contribution in [0.1, 0.15) is 37.7 Å². The van der Waals surface area contributed by atoms with Crippen LogP contribution in [0, 0.1) is 6.92 Å². The molecule has 0 saturated heterocycles. The van der Waals surface area contributed by atoms with E-state index in [4.69, 9.17) is 4.74 Å². The molecular weight excluding hydrogens is 242 g/mol. The molecule has 0 unspecified atom stereocenters. The molecule has 0 bridgehead atoms. The van der Waals surface area contributed by atoms with Gasteiger partial charge in [-0.3, -0.25) is 4.79 Å². The minimum Gasteiger partial charge on any atom is -0.508 e. The molecule has 1 aliphatic rings. The van der Waals surface area contributed by atoms with E-state index in [1.54, 1.807) is 25.1 Å². The molecule has 0 atom stereocenters. The molecule has 0 aromatic heterocycles. The molecule has 104 valence electrons. The first-order valence-electron chi connectivity index (χ1n) is 6.87. The van der Waals surface area contributed by atoms with Crippen LogP contribution < -0.4 is 10.1 Å². The molecular formula is C15H21NO3. The Morgan fingerprint density at radius 2 is 2.11 bits per heavy atom. The Morgan fingerprint density at radius 1 is 1.37 bits per heavy atom. The molecule has 1 aromatic carbocycles. The third kappa shape index (κ3) is 3.88. The van der Waals surface area contributed by atoms with Gasteiger partial charge in [0, 0.05) is 11.6 Å². The third-order valence-electron chi connectivity index (χ3n) is 3.58. The van der Waals surface area contributed by atoms with Gasteiger partial charge >= 0.3 is 0 Å². The molecule has 1 aromatic rings. The van der Waals surface area contributed by atoms with E-state index >= 15 is 0 Å². The Balaban J connectivity index is 1.81. The standard InChI is InChI=1S/C15H21NO3/c1-11-13(17)8-5-9-14(11)19-10-15(18)16-12-6-3-2-4-7-12/h5,8-9,12,17H,2-4,6-7,10H2,1H3,(H,16,18). The van der Waals surface area contributed by atoms with Gasteiger partial charge in [-0.05, 0) is 31.9 Å². The van der Waals surface area contributed by atoms with E-state index < -0.39 is 0 Å². The quantitative estimate of drug-likeness (QED) is 0.877. The smallest absolute Gasteiger partial charge is 0.258 e. The van der Waals surface area contributed by atoms with Gasteiger partial charge in [-0.1, -0.05) is 25.3 Å². The van der Waals surface area contributed by atoms with Crippen molar-refractivity contribution in [2.45, 2.75) is 45.1 Å². The van der Waals surface area contributed by atoms with Gasteiger partial charge in [0.25, 0.3) is 5.91 Å². The first-order valence-corrected chi connectivity index (χ1v) is 6.87. The highest BCUT2D eigenvalue weighted by atomic mass is 16.5. The summed E-state index contributed by atoms with van der Waals surface area (Å²) < 4.78 is 5.45. The lowest BCUT2D eigenvalue weighted by Gasteiger charge is -2.22. The van der Waals surface area contributed by atoms with Gasteiger partial charge in [0.15, 0.2) is 6.61 Å². The fourth-order valence-electron chi connectivity index (χ4n) is 2.42. The first kappa shape index (κ1) is 13.7. The second-order valence-electron chi connectivity index (χ2n) is 5.09. The van der Waals surface area contributed by atoms with Crippen molar-refractivity contribution in [2.75, 3.05) is 6.61 Å². The lowest BCUT2D eigenvalue weighted by atomic mass is 9.95. The van der Waals surface area contributed by atoms with Crippen molar-refractivity contribution >= 4 is 5.91 Å². The van der Waals surface area contributed by atoms with Gasteiger partial charge in [-0.25, -0.2) is 0 Å². The fraction of sp³-hybridized carbons (Fsp3) is 0.533. The summed E-state index contributed by atoms with van der Waals surface area (Å²) in [6.07, 6.45) is 5.79. The highest BCUT2D eigenvalue weighted by Gasteiger charge is 2.16. The van der Waals surface area contributed by atoms with Crippen LogP contribution in [-0.4, -0.2) is 23.7 Å². The van der Waals surface area contributed by atoms with Gasteiger partial charge in [0.05, 0.1) is 0 Å². The molecule has 0 radical (unpaired) electrons.